The lowest BCUT2D eigenvalue weighted by Crippen LogP contribution is -2.49. The first kappa shape index (κ1) is 18.2. The van der Waals surface area contributed by atoms with Gasteiger partial charge in [0.15, 0.2) is 0 Å². The van der Waals surface area contributed by atoms with Crippen molar-refractivity contribution in [2.75, 3.05) is 45.9 Å². The van der Waals surface area contributed by atoms with E-state index in [9.17, 15) is 14.9 Å². The van der Waals surface area contributed by atoms with E-state index < -0.39 is 4.92 Å². The molecule has 0 aromatic heterocycles. The average molecular weight is 337 g/mol. The number of β-amino-alcohol motifs (C(OH)–C–C–N with tert-alkyl or cyclic N) is 1. The Bertz CT molecular complexity index is 585. The van der Waals surface area contributed by atoms with Crippen LogP contribution in [-0.2, 0) is 4.79 Å². The summed E-state index contributed by atoms with van der Waals surface area (Å²) in [6.45, 7) is 5.63. The van der Waals surface area contributed by atoms with Crippen molar-refractivity contribution >= 4 is 11.6 Å². The molecule has 0 saturated carbocycles. The van der Waals surface area contributed by atoms with Gasteiger partial charge in [0, 0.05) is 44.9 Å². The van der Waals surface area contributed by atoms with Gasteiger partial charge >= 0.3 is 0 Å². The fourth-order valence-electron chi connectivity index (χ4n) is 2.68. The van der Waals surface area contributed by atoms with E-state index in [4.69, 9.17) is 9.84 Å². The number of aliphatic hydroxyl groups excluding tert-OH is 1. The van der Waals surface area contributed by atoms with Crippen molar-refractivity contribution < 1.29 is 19.6 Å². The summed E-state index contributed by atoms with van der Waals surface area (Å²) in [7, 11) is 0. The number of non-ortho nitro benzene ring substituents is 1. The second-order valence-electron chi connectivity index (χ2n) is 5.75. The smallest absolute Gasteiger partial charge is 0.269 e. The summed E-state index contributed by atoms with van der Waals surface area (Å²) in [6, 6.07) is 4.41. The van der Waals surface area contributed by atoms with Gasteiger partial charge in [-0.1, -0.05) is 0 Å². The summed E-state index contributed by atoms with van der Waals surface area (Å²) in [4.78, 5) is 26.4. The number of carbonyl (C=O) groups is 1. The summed E-state index contributed by atoms with van der Waals surface area (Å²) in [6.07, 6.45) is 0.274. The molecule has 0 aliphatic carbocycles. The molecule has 24 heavy (non-hydrogen) atoms. The second kappa shape index (κ2) is 8.60. The van der Waals surface area contributed by atoms with E-state index in [1.807, 2.05) is 0 Å². The van der Waals surface area contributed by atoms with Crippen LogP contribution in [0.2, 0.25) is 0 Å². The zero-order valence-corrected chi connectivity index (χ0v) is 13.8. The number of nitro benzene ring substituents is 1. The van der Waals surface area contributed by atoms with Crippen molar-refractivity contribution in [3.05, 3.63) is 33.9 Å². The Kier molecular flexibility index (Phi) is 6.51. The third-order valence-corrected chi connectivity index (χ3v) is 4.08. The Labute approximate surface area is 140 Å². The summed E-state index contributed by atoms with van der Waals surface area (Å²) < 4.78 is 5.58. The molecule has 8 heteroatoms. The predicted molar refractivity (Wildman–Crippen MR) is 88.1 cm³/mol. The highest BCUT2D eigenvalue weighted by Gasteiger charge is 2.20. The first-order valence-corrected chi connectivity index (χ1v) is 8.00. The normalized spacial score (nSPS) is 15.3. The average Bonchev–Trinajstić information content (AvgIpc) is 2.57. The maximum absolute atomic E-state index is 12.2. The molecule has 8 nitrogen and oxygen atoms in total. The Balaban J connectivity index is 1.76. The monoisotopic (exact) mass is 337 g/mol. The van der Waals surface area contributed by atoms with E-state index in [-0.39, 0.29) is 31.2 Å². The largest absolute Gasteiger partial charge is 0.493 e. The highest BCUT2D eigenvalue weighted by molar-refractivity contribution is 5.76. The molecule has 1 heterocycles. The number of benzene rings is 1. The molecule has 0 unspecified atom stereocenters. The van der Waals surface area contributed by atoms with Gasteiger partial charge in [-0.05, 0) is 18.6 Å². The summed E-state index contributed by atoms with van der Waals surface area (Å²) in [5.41, 5.74) is 0.700. The van der Waals surface area contributed by atoms with Crippen molar-refractivity contribution in [2.45, 2.75) is 13.3 Å². The van der Waals surface area contributed by atoms with E-state index in [1.54, 1.807) is 17.9 Å². The SMILES string of the molecule is Cc1cc([N+](=O)[O-])ccc1OCCC(=O)N1CCN(CCO)CC1. The number of hydrogen-bond acceptors (Lipinski definition) is 6. The van der Waals surface area contributed by atoms with Gasteiger partial charge in [0.25, 0.3) is 5.69 Å². The van der Waals surface area contributed by atoms with Crippen LogP contribution in [0, 0.1) is 17.0 Å². The van der Waals surface area contributed by atoms with Crippen LogP contribution in [0.25, 0.3) is 0 Å². The summed E-state index contributed by atoms with van der Waals surface area (Å²) >= 11 is 0. The maximum atomic E-state index is 12.2. The summed E-state index contributed by atoms with van der Waals surface area (Å²) in [5.74, 6) is 0.597. The minimum Gasteiger partial charge on any atom is -0.493 e. The van der Waals surface area contributed by atoms with Gasteiger partial charge < -0.3 is 14.7 Å². The lowest BCUT2D eigenvalue weighted by Gasteiger charge is -2.34. The van der Waals surface area contributed by atoms with Gasteiger partial charge in [-0.2, -0.15) is 0 Å². The van der Waals surface area contributed by atoms with Gasteiger partial charge in [0.2, 0.25) is 5.91 Å². The molecule has 1 aromatic rings. The topological polar surface area (TPSA) is 96.1 Å². The number of carbonyl (C=O) groups excluding carboxylic acids is 1. The molecule has 1 amide bonds. The number of rotatable bonds is 7. The third kappa shape index (κ3) is 4.90. The van der Waals surface area contributed by atoms with Crippen LogP contribution in [-0.4, -0.2) is 71.7 Å². The molecule has 2 rings (SSSR count). The molecule has 0 bridgehead atoms. The van der Waals surface area contributed by atoms with Gasteiger partial charge in [-0.25, -0.2) is 0 Å². The van der Waals surface area contributed by atoms with E-state index in [0.717, 1.165) is 13.1 Å². The Morgan fingerprint density at radius 2 is 2.04 bits per heavy atom. The van der Waals surface area contributed by atoms with Crippen LogP contribution < -0.4 is 4.74 Å². The van der Waals surface area contributed by atoms with Gasteiger partial charge in [-0.15, -0.1) is 0 Å². The van der Waals surface area contributed by atoms with Crippen LogP contribution in [0.1, 0.15) is 12.0 Å². The fourth-order valence-corrected chi connectivity index (χ4v) is 2.68. The van der Waals surface area contributed by atoms with Gasteiger partial charge in [-0.3, -0.25) is 19.8 Å². The minimum atomic E-state index is -0.448. The number of ether oxygens (including phenoxy) is 1. The molecule has 1 aliphatic heterocycles. The van der Waals surface area contributed by atoms with Crippen LogP contribution in [0.4, 0.5) is 5.69 Å². The highest BCUT2D eigenvalue weighted by atomic mass is 16.6. The highest BCUT2D eigenvalue weighted by Crippen LogP contribution is 2.23. The van der Waals surface area contributed by atoms with Crippen molar-refractivity contribution in [2.24, 2.45) is 0 Å². The zero-order valence-electron chi connectivity index (χ0n) is 13.8. The molecule has 0 atom stereocenters. The number of aryl methyl sites for hydroxylation is 1. The molecule has 0 radical (unpaired) electrons. The lowest BCUT2D eigenvalue weighted by atomic mass is 10.2. The molecule has 0 spiro atoms. The number of nitro groups is 1. The quantitative estimate of drug-likeness (QED) is 0.584. The van der Waals surface area contributed by atoms with Crippen molar-refractivity contribution in [3.8, 4) is 5.75 Å². The number of piperazine rings is 1. The van der Waals surface area contributed by atoms with E-state index >= 15 is 0 Å². The molecule has 1 N–H and O–H groups in total. The van der Waals surface area contributed by atoms with Crippen molar-refractivity contribution in [1.82, 2.24) is 9.80 Å². The molecule has 1 fully saturated rings. The first-order chi connectivity index (χ1) is 11.5. The van der Waals surface area contributed by atoms with E-state index in [0.29, 0.717) is 30.9 Å². The minimum absolute atomic E-state index is 0.0247. The molecule has 1 aliphatic rings. The number of nitrogens with zero attached hydrogens (tertiary/aromatic N) is 3. The van der Waals surface area contributed by atoms with Gasteiger partial charge in [0.05, 0.1) is 24.6 Å². The first-order valence-electron chi connectivity index (χ1n) is 8.00. The van der Waals surface area contributed by atoms with Crippen LogP contribution in [0.15, 0.2) is 18.2 Å². The van der Waals surface area contributed by atoms with Crippen molar-refractivity contribution in [1.29, 1.82) is 0 Å². The van der Waals surface area contributed by atoms with Crippen LogP contribution in [0.3, 0.4) is 0 Å². The van der Waals surface area contributed by atoms with E-state index in [1.165, 1.54) is 12.1 Å². The Morgan fingerprint density at radius 1 is 1.33 bits per heavy atom. The fraction of sp³-hybridized carbons (Fsp3) is 0.562. The van der Waals surface area contributed by atoms with E-state index in [2.05, 4.69) is 4.90 Å². The van der Waals surface area contributed by atoms with Crippen molar-refractivity contribution in [3.63, 3.8) is 0 Å². The third-order valence-electron chi connectivity index (χ3n) is 4.08. The van der Waals surface area contributed by atoms with Crippen LogP contribution in [0.5, 0.6) is 5.75 Å². The van der Waals surface area contributed by atoms with Gasteiger partial charge in [0.1, 0.15) is 5.75 Å². The number of amides is 1. The molecule has 1 saturated heterocycles. The summed E-state index contributed by atoms with van der Waals surface area (Å²) in [5, 5.41) is 19.6. The predicted octanol–water partition coefficient (Wildman–Crippen LogP) is 0.809. The number of hydrogen-bond donors (Lipinski definition) is 1. The standard InChI is InChI=1S/C16H23N3O5/c1-13-12-14(19(22)23)2-3-15(13)24-11-4-16(21)18-7-5-17(6-8-18)9-10-20/h2-3,12,20H,4-11H2,1H3. The Morgan fingerprint density at radius 3 is 2.62 bits per heavy atom. The molecular weight excluding hydrogens is 314 g/mol. The lowest BCUT2D eigenvalue weighted by molar-refractivity contribution is -0.384. The zero-order chi connectivity index (χ0) is 17.5. The Hall–Kier alpha value is -2.19. The maximum Gasteiger partial charge on any atom is 0.269 e. The van der Waals surface area contributed by atoms with Crippen LogP contribution >= 0.6 is 0 Å². The molecule has 132 valence electrons. The second-order valence-corrected chi connectivity index (χ2v) is 5.75. The molecule has 1 aromatic carbocycles. The molecular formula is C16H23N3O5. The number of aliphatic hydroxyl groups is 1.